The second-order valence-corrected chi connectivity index (χ2v) is 8.20. The average Bonchev–Trinajstić information content (AvgIpc) is 2.74. The van der Waals surface area contributed by atoms with E-state index in [0.717, 1.165) is 11.8 Å². The minimum atomic E-state index is 0. The largest absolute Gasteiger partial charge is 0.412 e. The molecule has 0 bridgehead atoms. The summed E-state index contributed by atoms with van der Waals surface area (Å²) in [6.45, 7) is 11.7. The highest BCUT2D eigenvalue weighted by molar-refractivity contribution is 5.33. The zero-order valence-electron chi connectivity index (χ0n) is 15.1. The van der Waals surface area contributed by atoms with Crippen LogP contribution in [0.2, 0.25) is 0 Å². The van der Waals surface area contributed by atoms with Gasteiger partial charge in [-0.15, -0.1) is 0 Å². The van der Waals surface area contributed by atoms with Gasteiger partial charge in [-0.05, 0) is 62.2 Å². The van der Waals surface area contributed by atoms with E-state index in [4.69, 9.17) is 5.73 Å². The van der Waals surface area contributed by atoms with E-state index in [-0.39, 0.29) is 18.4 Å². The highest BCUT2D eigenvalue weighted by Crippen LogP contribution is 2.49. The van der Waals surface area contributed by atoms with Crippen molar-refractivity contribution in [3.8, 4) is 0 Å². The minimum Gasteiger partial charge on any atom is -0.412 e. The Bertz CT molecular complexity index is 410. The van der Waals surface area contributed by atoms with Crippen LogP contribution in [0, 0.1) is 23.2 Å². The molecule has 2 unspecified atom stereocenters. The smallest absolute Gasteiger partial charge is 0.00645 e. The van der Waals surface area contributed by atoms with Crippen molar-refractivity contribution in [3.63, 3.8) is 0 Å². The van der Waals surface area contributed by atoms with Crippen LogP contribution in [0.25, 0.3) is 0 Å². The zero-order chi connectivity index (χ0) is 14.9. The first-order chi connectivity index (χ1) is 9.29. The lowest BCUT2D eigenvalue weighted by atomic mass is 9.61. The molecule has 2 aliphatic rings. The molecule has 1 saturated carbocycles. The Morgan fingerprint density at radius 2 is 1.83 bits per heavy atom. The fourth-order valence-electron chi connectivity index (χ4n) is 4.26. The van der Waals surface area contributed by atoms with Crippen molar-refractivity contribution in [1.82, 2.24) is 0 Å². The molecular formula is C20H41NO2. The molecule has 23 heavy (non-hydrogen) atoms. The first kappa shape index (κ1) is 24.6. The predicted octanol–water partition coefficient (Wildman–Crippen LogP) is 4.07. The Labute approximate surface area is 144 Å². The number of hydrogen-bond acceptors (Lipinski definition) is 1. The van der Waals surface area contributed by atoms with Gasteiger partial charge in [0.2, 0.25) is 0 Å². The Kier molecular flexibility index (Phi) is 10.3. The molecule has 0 aromatic rings. The summed E-state index contributed by atoms with van der Waals surface area (Å²) in [5.74, 6) is 2.22. The quantitative estimate of drug-likeness (QED) is 0.828. The van der Waals surface area contributed by atoms with Crippen LogP contribution in [0.5, 0.6) is 0 Å². The molecule has 0 heterocycles. The van der Waals surface area contributed by atoms with Crippen molar-refractivity contribution < 1.29 is 11.0 Å². The van der Waals surface area contributed by atoms with E-state index in [0.29, 0.717) is 17.4 Å². The van der Waals surface area contributed by atoms with Crippen LogP contribution in [-0.2, 0) is 0 Å². The van der Waals surface area contributed by atoms with E-state index in [1.807, 2.05) is 0 Å². The monoisotopic (exact) mass is 327 g/mol. The maximum atomic E-state index is 6.29. The third-order valence-electron chi connectivity index (χ3n) is 5.60. The summed E-state index contributed by atoms with van der Waals surface area (Å²) in [7, 11) is 0. The summed E-state index contributed by atoms with van der Waals surface area (Å²) in [6.07, 6.45) is 11.3. The summed E-state index contributed by atoms with van der Waals surface area (Å²) in [6, 6.07) is 0.377. The predicted molar refractivity (Wildman–Crippen MR) is 102 cm³/mol. The second kappa shape index (κ2) is 9.61. The molecule has 3 heteroatoms. The molecule has 0 saturated heterocycles. The molecule has 0 aromatic heterocycles. The summed E-state index contributed by atoms with van der Waals surface area (Å²) >= 11 is 0. The van der Waals surface area contributed by atoms with Gasteiger partial charge in [0.05, 0.1) is 0 Å². The summed E-state index contributed by atoms with van der Waals surface area (Å²) in [5.41, 5.74) is 9.86. The molecule has 2 aliphatic carbocycles. The van der Waals surface area contributed by atoms with Gasteiger partial charge < -0.3 is 16.7 Å². The average molecular weight is 328 g/mol. The summed E-state index contributed by atoms with van der Waals surface area (Å²) in [5, 5.41) is 0. The van der Waals surface area contributed by atoms with E-state index < -0.39 is 0 Å². The van der Waals surface area contributed by atoms with Crippen molar-refractivity contribution in [2.24, 2.45) is 28.9 Å². The normalized spacial score (nSPS) is 27.1. The van der Waals surface area contributed by atoms with Crippen LogP contribution in [0.15, 0.2) is 23.3 Å². The topological polar surface area (TPSA) is 89.0 Å². The van der Waals surface area contributed by atoms with Gasteiger partial charge in [-0.1, -0.05) is 58.4 Å². The Balaban J connectivity index is 0. The zero-order valence-corrected chi connectivity index (χ0v) is 15.1. The fourth-order valence-corrected chi connectivity index (χ4v) is 4.26. The van der Waals surface area contributed by atoms with Gasteiger partial charge in [-0.3, -0.25) is 0 Å². The minimum absolute atomic E-state index is 0. The fraction of sp³-hybridized carbons (Fsp3) is 0.800. The molecule has 6 N–H and O–H groups in total. The third-order valence-corrected chi connectivity index (χ3v) is 5.60. The summed E-state index contributed by atoms with van der Waals surface area (Å²) in [4.78, 5) is 0. The second-order valence-electron chi connectivity index (χ2n) is 8.20. The van der Waals surface area contributed by atoms with E-state index in [2.05, 4.69) is 46.8 Å². The van der Waals surface area contributed by atoms with Crippen LogP contribution < -0.4 is 5.73 Å². The molecular weight excluding hydrogens is 286 g/mol. The van der Waals surface area contributed by atoms with Crippen LogP contribution in [0.4, 0.5) is 0 Å². The van der Waals surface area contributed by atoms with Crippen molar-refractivity contribution in [2.75, 3.05) is 0 Å². The Hall–Kier alpha value is -0.640. The molecule has 0 aliphatic heterocycles. The lowest BCUT2D eigenvalue weighted by Gasteiger charge is -2.44. The maximum Gasteiger partial charge on any atom is 0.00645 e. The molecule has 138 valence electrons. The van der Waals surface area contributed by atoms with Gasteiger partial charge in [-0.2, -0.15) is 0 Å². The highest BCUT2D eigenvalue weighted by Gasteiger charge is 2.39. The molecule has 2 rings (SSSR count). The number of hydrogen-bond donors (Lipinski definition) is 1. The summed E-state index contributed by atoms with van der Waals surface area (Å²) < 4.78 is 0. The van der Waals surface area contributed by atoms with E-state index in [9.17, 15) is 0 Å². The van der Waals surface area contributed by atoms with Crippen molar-refractivity contribution in [2.45, 2.75) is 80.2 Å². The lowest BCUT2D eigenvalue weighted by molar-refractivity contribution is 0.106. The van der Waals surface area contributed by atoms with Crippen molar-refractivity contribution >= 4 is 0 Å². The van der Waals surface area contributed by atoms with Gasteiger partial charge >= 0.3 is 0 Å². The molecule has 0 radical (unpaired) electrons. The van der Waals surface area contributed by atoms with Gasteiger partial charge in [0.15, 0.2) is 0 Å². The maximum absolute atomic E-state index is 6.29. The SMILES string of the molecule is C.CC1=CCC(C2CCC(C[C@H](N)C(C)C)CC2(C)C)=C1.O.O. The Morgan fingerprint density at radius 3 is 2.26 bits per heavy atom. The van der Waals surface area contributed by atoms with Crippen LogP contribution >= 0.6 is 0 Å². The lowest BCUT2D eigenvalue weighted by Crippen LogP contribution is -2.37. The van der Waals surface area contributed by atoms with E-state index >= 15 is 0 Å². The van der Waals surface area contributed by atoms with Gasteiger partial charge in [0.25, 0.3) is 0 Å². The molecule has 1 fully saturated rings. The van der Waals surface area contributed by atoms with Crippen LogP contribution in [0.1, 0.15) is 74.1 Å². The molecule has 3 nitrogen and oxygen atoms in total. The molecule has 0 aromatic carbocycles. The number of nitrogens with two attached hydrogens (primary N) is 1. The first-order valence-electron chi connectivity index (χ1n) is 8.42. The van der Waals surface area contributed by atoms with E-state index in [1.165, 1.54) is 37.7 Å². The third kappa shape index (κ3) is 6.06. The molecule has 0 spiro atoms. The van der Waals surface area contributed by atoms with Gasteiger partial charge in [0, 0.05) is 6.04 Å². The van der Waals surface area contributed by atoms with Crippen LogP contribution in [-0.4, -0.2) is 17.0 Å². The first-order valence-corrected chi connectivity index (χ1v) is 8.42. The standard InChI is InChI=1S/C19H33N.CH4.2H2O/c1-13(2)18(20)11-15-7-9-17(19(4,5)12-15)16-8-6-14(3)10-16;;;/h6,10,13,15,17-18H,7-9,11-12,20H2,1-5H3;1H4;2*1H2/t15?,17?,18-;;;/m0.../s1. The van der Waals surface area contributed by atoms with Crippen molar-refractivity contribution in [3.05, 3.63) is 23.3 Å². The Morgan fingerprint density at radius 1 is 1.22 bits per heavy atom. The highest BCUT2D eigenvalue weighted by atomic mass is 16.0. The molecule has 0 amide bonds. The van der Waals surface area contributed by atoms with Gasteiger partial charge in [0.1, 0.15) is 0 Å². The van der Waals surface area contributed by atoms with Crippen LogP contribution in [0.3, 0.4) is 0 Å². The number of allylic oxidation sites excluding steroid dienone is 4. The van der Waals surface area contributed by atoms with Crippen molar-refractivity contribution in [1.29, 1.82) is 0 Å². The number of rotatable bonds is 4. The van der Waals surface area contributed by atoms with Gasteiger partial charge in [-0.25, -0.2) is 0 Å². The molecule has 3 atom stereocenters. The van der Waals surface area contributed by atoms with E-state index in [1.54, 1.807) is 5.57 Å².